The highest BCUT2D eigenvalue weighted by atomic mass is 32.2. The first-order valence-corrected chi connectivity index (χ1v) is 12.9. The van der Waals surface area contributed by atoms with Crippen molar-refractivity contribution in [3.8, 4) is 0 Å². The number of guanidine groups is 1. The van der Waals surface area contributed by atoms with Crippen LogP contribution in [0.25, 0.3) is 0 Å². The van der Waals surface area contributed by atoms with Gasteiger partial charge in [-0.15, -0.1) is 21.5 Å². The topological polar surface area (TPSA) is 67.1 Å². The van der Waals surface area contributed by atoms with Crippen molar-refractivity contribution in [3.63, 3.8) is 0 Å². The van der Waals surface area contributed by atoms with E-state index in [1.165, 1.54) is 30.6 Å². The number of rotatable bonds is 10. The van der Waals surface area contributed by atoms with Crippen LogP contribution in [0.2, 0.25) is 0 Å². The standard InChI is InChI=1S/C21H34N6S2/c1-4-22-20(24-15-16(2)18-11-8-14-29-18)23-13-7-12-19-25-26-21(28-3)27(19)17-9-5-6-10-17/h8,11,14,16-17H,4-7,9-10,12-13,15H2,1-3H3,(H2,22,23,24). The monoisotopic (exact) mass is 434 g/mol. The Labute approximate surface area is 183 Å². The molecule has 2 N–H and O–H groups in total. The highest BCUT2D eigenvalue weighted by Gasteiger charge is 2.23. The van der Waals surface area contributed by atoms with Crippen LogP contribution < -0.4 is 10.6 Å². The summed E-state index contributed by atoms with van der Waals surface area (Å²) in [6.07, 6.45) is 9.23. The first-order chi connectivity index (χ1) is 14.2. The van der Waals surface area contributed by atoms with Crippen LogP contribution in [0.1, 0.15) is 68.6 Å². The SMILES string of the molecule is CCNC(=NCC(C)c1cccs1)NCCCc1nnc(SC)n1C1CCCC1. The number of thioether (sulfide) groups is 1. The molecular formula is C21H34N6S2. The van der Waals surface area contributed by atoms with E-state index in [4.69, 9.17) is 4.99 Å². The average Bonchev–Trinajstić information content (AvgIpc) is 3.49. The van der Waals surface area contributed by atoms with E-state index in [1.807, 2.05) is 0 Å². The van der Waals surface area contributed by atoms with E-state index < -0.39 is 0 Å². The molecule has 1 saturated carbocycles. The Bertz CT molecular complexity index is 749. The molecule has 0 aliphatic heterocycles. The Morgan fingerprint density at radius 3 is 2.86 bits per heavy atom. The van der Waals surface area contributed by atoms with Crippen LogP contribution in [0.3, 0.4) is 0 Å². The summed E-state index contributed by atoms with van der Waals surface area (Å²) in [5.41, 5.74) is 0. The van der Waals surface area contributed by atoms with Gasteiger partial charge in [-0.1, -0.05) is 37.6 Å². The van der Waals surface area contributed by atoms with E-state index >= 15 is 0 Å². The molecule has 0 radical (unpaired) electrons. The smallest absolute Gasteiger partial charge is 0.191 e. The van der Waals surface area contributed by atoms with E-state index in [9.17, 15) is 0 Å². The molecule has 8 heteroatoms. The molecule has 1 fully saturated rings. The zero-order valence-corrected chi connectivity index (χ0v) is 19.5. The number of aryl methyl sites for hydroxylation is 1. The maximum Gasteiger partial charge on any atom is 0.191 e. The molecule has 2 heterocycles. The third-order valence-electron chi connectivity index (χ3n) is 5.37. The molecular weight excluding hydrogens is 400 g/mol. The van der Waals surface area contributed by atoms with Crippen LogP contribution in [0.15, 0.2) is 27.7 Å². The Balaban J connectivity index is 1.50. The van der Waals surface area contributed by atoms with E-state index in [-0.39, 0.29) is 0 Å². The van der Waals surface area contributed by atoms with Crippen LogP contribution in [0.4, 0.5) is 0 Å². The lowest BCUT2D eigenvalue weighted by Gasteiger charge is -2.16. The van der Waals surface area contributed by atoms with Gasteiger partial charge in [0, 0.05) is 36.3 Å². The maximum absolute atomic E-state index is 4.78. The number of hydrogen-bond acceptors (Lipinski definition) is 5. The molecule has 2 aromatic rings. The normalized spacial score (nSPS) is 16.3. The summed E-state index contributed by atoms with van der Waals surface area (Å²) in [5.74, 6) is 2.48. The molecule has 29 heavy (non-hydrogen) atoms. The van der Waals surface area contributed by atoms with E-state index in [2.05, 4.69) is 63.0 Å². The molecule has 0 bridgehead atoms. The maximum atomic E-state index is 4.78. The first kappa shape index (κ1) is 22.2. The Morgan fingerprint density at radius 2 is 2.17 bits per heavy atom. The molecule has 1 aliphatic carbocycles. The van der Waals surface area contributed by atoms with Crippen molar-refractivity contribution in [3.05, 3.63) is 28.2 Å². The van der Waals surface area contributed by atoms with Crippen molar-refractivity contribution >= 4 is 29.1 Å². The summed E-state index contributed by atoms with van der Waals surface area (Å²) in [5, 5.41) is 18.9. The van der Waals surface area contributed by atoms with Gasteiger partial charge in [0.1, 0.15) is 5.82 Å². The first-order valence-electron chi connectivity index (χ1n) is 10.8. The van der Waals surface area contributed by atoms with Crippen molar-refractivity contribution in [2.45, 2.75) is 69.5 Å². The van der Waals surface area contributed by atoms with Crippen LogP contribution in [-0.4, -0.2) is 46.6 Å². The molecule has 0 amide bonds. The molecule has 1 unspecified atom stereocenters. The molecule has 6 nitrogen and oxygen atoms in total. The lowest BCUT2D eigenvalue weighted by molar-refractivity contribution is 0.460. The van der Waals surface area contributed by atoms with E-state index in [0.717, 1.165) is 49.4 Å². The number of aromatic nitrogens is 3. The summed E-state index contributed by atoms with van der Waals surface area (Å²) >= 11 is 3.51. The molecule has 2 aromatic heterocycles. The zero-order valence-electron chi connectivity index (χ0n) is 17.9. The molecule has 0 spiro atoms. The van der Waals surface area contributed by atoms with Gasteiger partial charge in [-0.25, -0.2) is 0 Å². The van der Waals surface area contributed by atoms with E-state index in [1.54, 1.807) is 23.1 Å². The van der Waals surface area contributed by atoms with Crippen molar-refractivity contribution in [2.24, 2.45) is 4.99 Å². The lowest BCUT2D eigenvalue weighted by Crippen LogP contribution is -2.38. The zero-order chi connectivity index (χ0) is 20.5. The van der Waals surface area contributed by atoms with Crippen molar-refractivity contribution in [1.82, 2.24) is 25.4 Å². The van der Waals surface area contributed by atoms with Crippen molar-refractivity contribution in [2.75, 3.05) is 25.9 Å². The van der Waals surface area contributed by atoms with Crippen molar-refractivity contribution < 1.29 is 0 Å². The average molecular weight is 435 g/mol. The van der Waals surface area contributed by atoms with E-state index in [0.29, 0.717) is 12.0 Å². The van der Waals surface area contributed by atoms with Gasteiger partial charge in [0.05, 0.1) is 6.54 Å². The Hall–Kier alpha value is -1.54. The number of aliphatic imine (C=N–C) groups is 1. The van der Waals surface area contributed by atoms with Gasteiger partial charge in [-0.2, -0.15) is 0 Å². The highest BCUT2D eigenvalue weighted by Crippen LogP contribution is 2.33. The Kier molecular flexibility index (Phi) is 8.86. The second-order valence-corrected chi connectivity index (χ2v) is 9.33. The third kappa shape index (κ3) is 6.22. The number of hydrogen-bond donors (Lipinski definition) is 2. The summed E-state index contributed by atoms with van der Waals surface area (Å²) in [6.45, 7) is 6.88. The van der Waals surface area contributed by atoms with Gasteiger partial charge in [0.2, 0.25) is 0 Å². The van der Waals surface area contributed by atoms with Gasteiger partial charge in [-0.3, -0.25) is 4.99 Å². The second-order valence-electron chi connectivity index (χ2n) is 7.58. The predicted octanol–water partition coefficient (Wildman–Crippen LogP) is 4.47. The van der Waals surface area contributed by atoms with Crippen LogP contribution in [0, 0.1) is 0 Å². The van der Waals surface area contributed by atoms with Gasteiger partial charge in [-0.05, 0) is 43.9 Å². The van der Waals surface area contributed by atoms with Gasteiger partial charge in [0.25, 0.3) is 0 Å². The predicted molar refractivity (Wildman–Crippen MR) is 124 cm³/mol. The fourth-order valence-electron chi connectivity index (χ4n) is 3.83. The minimum absolute atomic E-state index is 0.445. The van der Waals surface area contributed by atoms with Crippen LogP contribution >= 0.6 is 23.1 Å². The summed E-state index contributed by atoms with van der Waals surface area (Å²) in [7, 11) is 0. The fraction of sp³-hybridized carbons (Fsp3) is 0.667. The van der Waals surface area contributed by atoms with Gasteiger partial charge in [0.15, 0.2) is 11.1 Å². The molecule has 1 atom stereocenters. The molecule has 0 aromatic carbocycles. The van der Waals surface area contributed by atoms with Gasteiger partial charge < -0.3 is 15.2 Å². The third-order valence-corrected chi connectivity index (χ3v) is 7.12. The largest absolute Gasteiger partial charge is 0.357 e. The molecule has 3 rings (SSSR count). The highest BCUT2D eigenvalue weighted by molar-refractivity contribution is 7.98. The minimum atomic E-state index is 0.445. The summed E-state index contributed by atoms with van der Waals surface area (Å²) < 4.78 is 2.40. The summed E-state index contributed by atoms with van der Waals surface area (Å²) in [4.78, 5) is 6.17. The van der Waals surface area contributed by atoms with Crippen LogP contribution in [-0.2, 0) is 6.42 Å². The quantitative estimate of drug-likeness (QED) is 0.250. The second kappa shape index (κ2) is 11.6. The minimum Gasteiger partial charge on any atom is -0.357 e. The number of thiophene rings is 1. The number of nitrogens with one attached hydrogen (secondary N) is 2. The van der Waals surface area contributed by atoms with Gasteiger partial charge >= 0.3 is 0 Å². The molecule has 1 aliphatic rings. The Morgan fingerprint density at radius 1 is 1.34 bits per heavy atom. The molecule has 160 valence electrons. The molecule has 0 saturated heterocycles. The number of nitrogens with zero attached hydrogens (tertiary/aromatic N) is 4. The lowest BCUT2D eigenvalue weighted by atomic mass is 10.1. The fourth-order valence-corrected chi connectivity index (χ4v) is 5.18. The van der Waals surface area contributed by atoms with Crippen LogP contribution in [0.5, 0.6) is 0 Å². The van der Waals surface area contributed by atoms with Crippen molar-refractivity contribution in [1.29, 1.82) is 0 Å². The summed E-state index contributed by atoms with van der Waals surface area (Å²) in [6, 6.07) is 4.89.